The molecule has 2 fully saturated rings. The van der Waals surface area contributed by atoms with Crippen LogP contribution >= 0.6 is 0 Å². The molecule has 3 amide bonds. The number of hydrogen-bond acceptors (Lipinski definition) is 6. The zero-order chi connectivity index (χ0) is 25.4. The van der Waals surface area contributed by atoms with Crippen molar-refractivity contribution in [3.63, 3.8) is 0 Å². The minimum atomic E-state index is -0.642. The lowest BCUT2D eigenvalue weighted by molar-refractivity contribution is -0.136. The average Bonchev–Trinajstić information content (AvgIpc) is 3.20. The SMILES string of the molecule is Bc1c(CN2CCOCC2)ccc(C(B)Oc2cccc3c2CN(C2CCC(=O)NC2=O)C3=O)c1B. The van der Waals surface area contributed by atoms with E-state index in [-0.39, 0.29) is 24.2 Å². The van der Waals surface area contributed by atoms with E-state index in [2.05, 4.69) is 38.0 Å². The molecule has 3 aliphatic heterocycles. The molecule has 2 unspecified atom stereocenters. The Kier molecular flexibility index (Phi) is 6.95. The number of piperidine rings is 1. The van der Waals surface area contributed by atoms with Gasteiger partial charge < -0.3 is 14.4 Å². The smallest absolute Gasteiger partial charge is 0.255 e. The third kappa shape index (κ3) is 4.69. The summed E-state index contributed by atoms with van der Waals surface area (Å²) >= 11 is 0. The number of carbonyl (C=O) groups excluding carboxylic acids is 3. The molecule has 184 valence electrons. The van der Waals surface area contributed by atoms with Crippen LogP contribution in [0.1, 0.15) is 45.9 Å². The molecule has 36 heavy (non-hydrogen) atoms. The molecule has 2 aromatic carbocycles. The Morgan fingerprint density at radius 1 is 1.08 bits per heavy atom. The molecule has 2 atom stereocenters. The summed E-state index contributed by atoms with van der Waals surface area (Å²) in [4.78, 5) is 41.0. The minimum absolute atomic E-state index is 0.197. The van der Waals surface area contributed by atoms with E-state index >= 15 is 0 Å². The molecule has 3 aliphatic rings. The van der Waals surface area contributed by atoms with Crippen LogP contribution in [-0.2, 0) is 27.4 Å². The highest BCUT2D eigenvalue weighted by Crippen LogP contribution is 2.35. The molecule has 0 aromatic heterocycles. The number of nitrogens with zero attached hydrogens (tertiary/aromatic N) is 2. The second-order valence-corrected chi connectivity index (χ2v) is 9.89. The van der Waals surface area contributed by atoms with Gasteiger partial charge in [-0.2, -0.15) is 0 Å². The van der Waals surface area contributed by atoms with Gasteiger partial charge in [-0.3, -0.25) is 24.6 Å². The van der Waals surface area contributed by atoms with Gasteiger partial charge in [-0.05, 0) is 29.7 Å². The lowest BCUT2D eigenvalue weighted by Gasteiger charge is -2.29. The summed E-state index contributed by atoms with van der Waals surface area (Å²) in [7, 11) is 6.33. The normalized spacial score (nSPS) is 21.3. The van der Waals surface area contributed by atoms with Crippen LogP contribution in [0.4, 0.5) is 0 Å². The molecular weight excluding hydrogens is 455 g/mol. The fourth-order valence-corrected chi connectivity index (χ4v) is 5.43. The van der Waals surface area contributed by atoms with Crippen molar-refractivity contribution >= 4 is 52.2 Å². The predicted octanol–water partition coefficient (Wildman–Crippen LogP) is -2.49. The van der Waals surface area contributed by atoms with Crippen molar-refractivity contribution in [1.82, 2.24) is 15.1 Å². The quantitative estimate of drug-likeness (QED) is 0.360. The summed E-state index contributed by atoms with van der Waals surface area (Å²) in [5.74, 6) is -0.249. The average molecular weight is 485 g/mol. The van der Waals surface area contributed by atoms with Gasteiger partial charge in [0, 0.05) is 37.2 Å². The van der Waals surface area contributed by atoms with Crippen LogP contribution < -0.4 is 21.0 Å². The van der Waals surface area contributed by atoms with Crippen LogP contribution in [0.25, 0.3) is 0 Å². The van der Waals surface area contributed by atoms with E-state index in [1.807, 2.05) is 20.0 Å². The van der Waals surface area contributed by atoms with Crippen LogP contribution in [0.2, 0.25) is 0 Å². The molecule has 2 aromatic rings. The van der Waals surface area contributed by atoms with E-state index in [1.165, 1.54) is 16.5 Å². The van der Waals surface area contributed by atoms with Gasteiger partial charge in [0.25, 0.3) is 5.91 Å². The highest BCUT2D eigenvalue weighted by Gasteiger charge is 2.40. The van der Waals surface area contributed by atoms with Crippen molar-refractivity contribution in [3.8, 4) is 5.75 Å². The molecule has 0 aliphatic carbocycles. The highest BCUT2D eigenvalue weighted by atomic mass is 16.5. The highest BCUT2D eigenvalue weighted by molar-refractivity contribution is 6.50. The Bertz CT molecular complexity index is 1220. The number of hydrogen-bond donors (Lipinski definition) is 1. The summed E-state index contributed by atoms with van der Waals surface area (Å²) in [6, 6.07) is 8.95. The van der Waals surface area contributed by atoms with E-state index in [0.717, 1.165) is 44.0 Å². The number of amides is 3. The second kappa shape index (κ2) is 10.1. The second-order valence-electron chi connectivity index (χ2n) is 9.89. The molecule has 0 bridgehead atoms. The van der Waals surface area contributed by atoms with Crippen molar-refractivity contribution in [3.05, 3.63) is 52.6 Å². The van der Waals surface area contributed by atoms with Crippen molar-refractivity contribution in [2.45, 2.75) is 38.0 Å². The molecular formula is C25H30B3N3O5. The fraction of sp³-hybridized carbons (Fsp3) is 0.400. The first-order chi connectivity index (χ1) is 17.3. The van der Waals surface area contributed by atoms with Crippen molar-refractivity contribution in [2.24, 2.45) is 0 Å². The first-order valence-corrected chi connectivity index (χ1v) is 12.7. The maximum Gasteiger partial charge on any atom is 0.255 e. The Labute approximate surface area is 213 Å². The van der Waals surface area contributed by atoms with Crippen LogP contribution in [0.15, 0.2) is 30.3 Å². The molecule has 0 saturated carbocycles. The van der Waals surface area contributed by atoms with Gasteiger partial charge in [-0.1, -0.05) is 29.1 Å². The third-order valence-corrected chi connectivity index (χ3v) is 7.72. The molecule has 1 N–H and O–H groups in total. The fourth-order valence-electron chi connectivity index (χ4n) is 5.43. The van der Waals surface area contributed by atoms with Crippen molar-refractivity contribution < 1.29 is 23.9 Å². The number of rotatable bonds is 6. The van der Waals surface area contributed by atoms with Gasteiger partial charge in [-0.25, -0.2) is 0 Å². The molecule has 11 heteroatoms. The molecule has 5 rings (SSSR count). The van der Waals surface area contributed by atoms with Gasteiger partial charge in [0.1, 0.15) is 27.5 Å². The topological polar surface area (TPSA) is 88.2 Å². The van der Waals surface area contributed by atoms with Crippen LogP contribution in [0.3, 0.4) is 0 Å². The first-order valence-electron chi connectivity index (χ1n) is 12.7. The van der Waals surface area contributed by atoms with Crippen LogP contribution in [0.5, 0.6) is 5.75 Å². The maximum atomic E-state index is 13.1. The standard InChI is InChI=1S/C25H30B3N3O5/c26-21-14(12-30-8-10-35-11-9-30)4-5-16(22(21)27)23(28)36-19-3-1-2-15-17(19)13-31(25(15)34)18-6-7-20(32)29-24(18)33/h1-5,18,23H,6-13,26-28H2,(H,29,32,33). The molecule has 2 saturated heterocycles. The molecule has 8 nitrogen and oxygen atoms in total. The molecule has 0 spiro atoms. The summed E-state index contributed by atoms with van der Waals surface area (Å²) in [5, 5.41) is 2.35. The van der Waals surface area contributed by atoms with Crippen LogP contribution in [-0.4, -0.2) is 83.4 Å². The Hall–Kier alpha value is -3.04. The first kappa shape index (κ1) is 24.7. The van der Waals surface area contributed by atoms with E-state index in [1.54, 1.807) is 11.0 Å². The van der Waals surface area contributed by atoms with Gasteiger partial charge in [-0.15, -0.1) is 0 Å². The van der Waals surface area contributed by atoms with Gasteiger partial charge in [0.05, 0.1) is 25.8 Å². The summed E-state index contributed by atoms with van der Waals surface area (Å²) in [6.45, 7) is 4.68. The Morgan fingerprint density at radius 3 is 2.61 bits per heavy atom. The number of ether oxygens (including phenoxy) is 2. The summed E-state index contributed by atoms with van der Waals surface area (Å²) < 4.78 is 11.9. The Balaban J connectivity index is 1.33. The summed E-state index contributed by atoms with van der Waals surface area (Å²) in [6.07, 6.45) is 0.573. The van der Waals surface area contributed by atoms with E-state index in [4.69, 9.17) is 9.47 Å². The Morgan fingerprint density at radius 2 is 1.86 bits per heavy atom. The maximum absolute atomic E-state index is 13.1. The monoisotopic (exact) mass is 485 g/mol. The molecule has 3 heterocycles. The number of fused-ring (bicyclic) bond motifs is 1. The van der Waals surface area contributed by atoms with Crippen LogP contribution in [0, 0.1) is 0 Å². The number of nitrogens with one attached hydrogen (secondary N) is 1. The van der Waals surface area contributed by atoms with Gasteiger partial charge in [0.15, 0.2) is 7.85 Å². The van der Waals surface area contributed by atoms with E-state index in [9.17, 15) is 14.4 Å². The van der Waals surface area contributed by atoms with Gasteiger partial charge >= 0.3 is 0 Å². The largest absolute Gasteiger partial charge is 0.495 e. The minimum Gasteiger partial charge on any atom is -0.495 e. The number of carbonyl (C=O) groups is 3. The number of imide groups is 1. The predicted molar refractivity (Wildman–Crippen MR) is 143 cm³/mol. The van der Waals surface area contributed by atoms with Crippen molar-refractivity contribution in [1.29, 1.82) is 0 Å². The zero-order valence-electron chi connectivity index (χ0n) is 21.1. The van der Waals surface area contributed by atoms with Gasteiger partial charge in [0.2, 0.25) is 11.8 Å². The lowest BCUT2D eigenvalue weighted by Crippen LogP contribution is -2.52. The van der Waals surface area contributed by atoms with E-state index < -0.39 is 11.9 Å². The zero-order valence-corrected chi connectivity index (χ0v) is 21.1. The number of benzene rings is 2. The lowest BCUT2D eigenvalue weighted by atomic mass is 9.71. The number of morpholine rings is 1. The van der Waals surface area contributed by atoms with E-state index in [0.29, 0.717) is 24.3 Å². The third-order valence-electron chi connectivity index (χ3n) is 7.72. The van der Waals surface area contributed by atoms with Crippen molar-refractivity contribution in [2.75, 3.05) is 26.3 Å². The summed E-state index contributed by atoms with van der Waals surface area (Å²) in [5.41, 5.74) is 6.25. The molecule has 0 radical (unpaired) electrons.